The van der Waals surface area contributed by atoms with Gasteiger partial charge in [-0.3, -0.25) is 14.6 Å². The number of carbonyl (C=O) groups excluding carboxylic acids is 1. The van der Waals surface area contributed by atoms with E-state index in [-0.39, 0.29) is 11.9 Å². The van der Waals surface area contributed by atoms with E-state index in [1.54, 1.807) is 0 Å². The normalized spacial score (nSPS) is 22.2. The molecule has 2 saturated heterocycles. The smallest absolute Gasteiger partial charge is 0.247 e. The number of rotatable bonds is 5. The molecular formula is C22H30ClN5O2. The molecular weight excluding hydrogens is 402 g/mol. The Labute approximate surface area is 183 Å². The molecule has 1 amide bonds. The number of nitrogens with zero attached hydrogens (tertiary/aromatic N) is 5. The molecule has 0 spiro atoms. The van der Waals surface area contributed by atoms with Crippen molar-refractivity contribution in [3.63, 3.8) is 0 Å². The number of hydrogen-bond acceptors (Lipinski definition) is 6. The van der Waals surface area contributed by atoms with Crippen molar-refractivity contribution >= 4 is 17.5 Å². The number of amides is 1. The van der Waals surface area contributed by atoms with Crippen LogP contribution >= 0.6 is 11.6 Å². The average molecular weight is 432 g/mol. The monoisotopic (exact) mass is 431 g/mol. The van der Waals surface area contributed by atoms with Gasteiger partial charge in [0.15, 0.2) is 0 Å². The van der Waals surface area contributed by atoms with E-state index in [1.165, 1.54) is 6.42 Å². The Morgan fingerprint density at radius 1 is 1.20 bits per heavy atom. The van der Waals surface area contributed by atoms with Gasteiger partial charge in [0.05, 0.1) is 12.6 Å². The van der Waals surface area contributed by atoms with E-state index < -0.39 is 0 Å². The summed E-state index contributed by atoms with van der Waals surface area (Å²) in [5, 5.41) is 9.10. The van der Waals surface area contributed by atoms with Crippen LogP contribution in [0.5, 0.6) is 0 Å². The molecule has 2 unspecified atom stereocenters. The van der Waals surface area contributed by atoms with E-state index >= 15 is 0 Å². The lowest BCUT2D eigenvalue weighted by Crippen LogP contribution is -2.52. The highest BCUT2D eigenvalue weighted by atomic mass is 35.5. The van der Waals surface area contributed by atoms with Crippen LogP contribution in [-0.2, 0) is 4.79 Å². The standard InChI is InChI=1S/C22H30ClN5O2/c1-16-6-3-4-9-28(16)20(29)15-26-10-12-27(13-11-26)17(2)21-24-25-22(30-21)18-7-5-8-19(23)14-18/h5,7-8,14,16-17H,3-4,6,9-13,15H2,1-2H3. The van der Waals surface area contributed by atoms with Gasteiger partial charge in [-0.2, -0.15) is 0 Å². The number of carbonyl (C=O) groups is 1. The van der Waals surface area contributed by atoms with Crippen LogP contribution in [0.25, 0.3) is 11.5 Å². The second kappa shape index (κ2) is 9.45. The molecule has 0 radical (unpaired) electrons. The Balaban J connectivity index is 1.30. The number of halogens is 1. The molecule has 2 aliphatic rings. The van der Waals surface area contributed by atoms with Crippen molar-refractivity contribution in [3.8, 4) is 11.5 Å². The Morgan fingerprint density at radius 2 is 2.00 bits per heavy atom. The number of benzene rings is 1. The van der Waals surface area contributed by atoms with E-state index in [2.05, 4.69) is 38.7 Å². The maximum atomic E-state index is 12.7. The second-order valence-corrected chi connectivity index (χ2v) is 8.81. The number of likely N-dealkylation sites (tertiary alicyclic amines) is 1. The van der Waals surface area contributed by atoms with Gasteiger partial charge in [-0.25, -0.2) is 0 Å². The summed E-state index contributed by atoms with van der Waals surface area (Å²) in [6, 6.07) is 7.83. The summed E-state index contributed by atoms with van der Waals surface area (Å²) in [6.45, 7) is 9.16. The molecule has 1 aromatic carbocycles. The summed E-state index contributed by atoms with van der Waals surface area (Å²) in [6.07, 6.45) is 3.48. The number of piperidine rings is 1. The second-order valence-electron chi connectivity index (χ2n) is 8.38. The summed E-state index contributed by atoms with van der Waals surface area (Å²) in [5.41, 5.74) is 0.823. The first kappa shape index (κ1) is 21.3. The molecule has 3 heterocycles. The van der Waals surface area contributed by atoms with E-state index in [0.29, 0.717) is 29.4 Å². The highest BCUT2D eigenvalue weighted by Crippen LogP contribution is 2.26. The van der Waals surface area contributed by atoms with Crippen molar-refractivity contribution in [1.29, 1.82) is 0 Å². The van der Waals surface area contributed by atoms with Gasteiger partial charge >= 0.3 is 0 Å². The van der Waals surface area contributed by atoms with Crippen LogP contribution in [-0.4, -0.2) is 76.1 Å². The highest BCUT2D eigenvalue weighted by Gasteiger charge is 2.29. The molecule has 0 N–H and O–H groups in total. The Morgan fingerprint density at radius 3 is 2.73 bits per heavy atom. The van der Waals surface area contributed by atoms with Gasteiger partial charge in [-0.05, 0) is 51.3 Å². The molecule has 4 rings (SSSR count). The molecule has 0 saturated carbocycles. The largest absolute Gasteiger partial charge is 0.419 e. The first-order chi connectivity index (χ1) is 14.5. The first-order valence-corrected chi connectivity index (χ1v) is 11.2. The van der Waals surface area contributed by atoms with Crippen LogP contribution in [0.4, 0.5) is 0 Å². The summed E-state index contributed by atoms with van der Waals surface area (Å²) < 4.78 is 5.93. The molecule has 2 fully saturated rings. The van der Waals surface area contributed by atoms with E-state index in [0.717, 1.165) is 51.1 Å². The maximum Gasteiger partial charge on any atom is 0.247 e. The molecule has 2 aliphatic heterocycles. The molecule has 162 valence electrons. The van der Waals surface area contributed by atoms with E-state index in [1.807, 2.05) is 24.3 Å². The first-order valence-electron chi connectivity index (χ1n) is 10.9. The molecule has 7 nitrogen and oxygen atoms in total. The van der Waals surface area contributed by atoms with Gasteiger partial charge in [0.25, 0.3) is 0 Å². The Bertz CT molecular complexity index is 865. The maximum absolute atomic E-state index is 12.7. The fraction of sp³-hybridized carbons (Fsp3) is 0.591. The van der Waals surface area contributed by atoms with Crippen LogP contribution in [0.1, 0.15) is 45.0 Å². The van der Waals surface area contributed by atoms with Crippen LogP contribution in [0.2, 0.25) is 5.02 Å². The molecule has 8 heteroatoms. The molecule has 0 bridgehead atoms. The number of piperazine rings is 1. The van der Waals surface area contributed by atoms with Crippen molar-refractivity contribution in [1.82, 2.24) is 24.9 Å². The van der Waals surface area contributed by atoms with E-state index in [4.69, 9.17) is 16.0 Å². The topological polar surface area (TPSA) is 65.7 Å². The minimum atomic E-state index is 0.0328. The quantitative estimate of drug-likeness (QED) is 0.722. The van der Waals surface area contributed by atoms with Crippen LogP contribution in [0, 0.1) is 0 Å². The van der Waals surface area contributed by atoms with Gasteiger partial charge in [-0.15, -0.1) is 10.2 Å². The molecule has 0 aliphatic carbocycles. The minimum absolute atomic E-state index is 0.0328. The van der Waals surface area contributed by atoms with Gasteiger partial charge in [0.2, 0.25) is 17.7 Å². The van der Waals surface area contributed by atoms with Crippen LogP contribution in [0.15, 0.2) is 28.7 Å². The average Bonchev–Trinajstić information content (AvgIpc) is 3.24. The molecule has 1 aromatic heterocycles. The summed E-state index contributed by atoms with van der Waals surface area (Å²) in [5.74, 6) is 1.36. The molecule has 2 atom stereocenters. The highest BCUT2D eigenvalue weighted by molar-refractivity contribution is 6.30. The third-order valence-corrected chi connectivity index (χ3v) is 6.54. The van der Waals surface area contributed by atoms with Gasteiger partial charge in [0, 0.05) is 49.4 Å². The lowest BCUT2D eigenvalue weighted by atomic mass is 10.0. The van der Waals surface area contributed by atoms with Gasteiger partial charge in [0.1, 0.15) is 0 Å². The molecule has 2 aromatic rings. The third-order valence-electron chi connectivity index (χ3n) is 6.31. The predicted octanol–water partition coefficient (Wildman–Crippen LogP) is 3.47. The van der Waals surface area contributed by atoms with Crippen molar-refractivity contribution in [2.24, 2.45) is 0 Å². The van der Waals surface area contributed by atoms with Gasteiger partial charge in [-0.1, -0.05) is 17.7 Å². The SMILES string of the molecule is CC(c1nnc(-c2cccc(Cl)c2)o1)N1CCN(CC(=O)N2CCCCC2C)CC1. The summed E-state index contributed by atoms with van der Waals surface area (Å²) in [7, 11) is 0. The Kier molecular flexibility index (Phi) is 6.71. The third kappa shape index (κ3) is 4.85. The van der Waals surface area contributed by atoms with Crippen molar-refractivity contribution in [2.75, 3.05) is 39.3 Å². The van der Waals surface area contributed by atoms with Crippen molar-refractivity contribution < 1.29 is 9.21 Å². The zero-order valence-corrected chi connectivity index (χ0v) is 18.5. The van der Waals surface area contributed by atoms with Crippen LogP contribution < -0.4 is 0 Å². The Hall–Kier alpha value is -1.96. The van der Waals surface area contributed by atoms with E-state index in [9.17, 15) is 4.79 Å². The lowest BCUT2D eigenvalue weighted by molar-refractivity contribution is -0.136. The van der Waals surface area contributed by atoms with Crippen molar-refractivity contribution in [2.45, 2.75) is 45.2 Å². The zero-order valence-electron chi connectivity index (χ0n) is 17.8. The fourth-order valence-electron chi connectivity index (χ4n) is 4.36. The summed E-state index contributed by atoms with van der Waals surface area (Å²) >= 11 is 6.06. The minimum Gasteiger partial charge on any atom is -0.419 e. The number of aromatic nitrogens is 2. The molecule has 30 heavy (non-hydrogen) atoms. The number of hydrogen-bond donors (Lipinski definition) is 0. The fourth-order valence-corrected chi connectivity index (χ4v) is 4.55. The summed E-state index contributed by atoms with van der Waals surface area (Å²) in [4.78, 5) is 19.4. The van der Waals surface area contributed by atoms with Crippen molar-refractivity contribution in [3.05, 3.63) is 35.2 Å². The van der Waals surface area contributed by atoms with Crippen LogP contribution in [0.3, 0.4) is 0 Å². The van der Waals surface area contributed by atoms with Gasteiger partial charge < -0.3 is 9.32 Å². The predicted molar refractivity (Wildman–Crippen MR) is 116 cm³/mol. The lowest BCUT2D eigenvalue weighted by Gasteiger charge is -2.39. The zero-order chi connectivity index (χ0) is 21.1.